The minimum atomic E-state index is -1.51. The summed E-state index contributed by atoms with van der Waals surface area (Å²) in [5, 5.41) is 3.16. The smallest absolute Gasteiger partial charge is 0.122 e. The van der Waals surface area contributed by atoms with Crippen LogP contribution in [0.15, 0.2) is 89.6 Å². The first-order valence-corrected chi connectivity index (χ1v) is 15.6. The van der Waals surface area contributed by atoms with Gasteiger partial charge in [0.05, 0.1) is 20.8 Å². The van der Waals surface area contributed by atoms with Gasteiger partial charge in [0.1, 0.15) is 5.58 Å². The van der Waals surface area contributed by atoms with Crippen LogP contribution in [0.4, 0.5) is 0 Å². The monoisotopic (exact) mass is 790 g/mol. The molecular weight excluding hydrogens is 751 g/mol. The largest absolute Gasteiger partial charge is 0.501 e. The molecule has 4 nitrogen and oxygen atoms in total. The Hall–Kier alpha value is -3.70. The van der Waals surface area contributed by atoms with Crippen LogP contribution < -0.4 is 0 Å². The summed E-state index contributed by atoms with van der Waals surface area (Å²) >= 11 is 1.72. The molecule has 0 N–H and O–H groups in total. The van der Waals surface area contributed by atoms with Gasteiger partial charge in [0.2, 0.25) is 0 Å². The molecule has 0 amide bonds. The van der Waals surface area contributed by atoms with Crippen LogP contribution in [0, 0.1) is 24.5 Å². The Balaban J connectivity index is 0.000000260. The maximum Gasteiger partial charge on any atom is 0.122 e. The molecule has 231 valence electrons. The number of aromatic nitrogens is 3. The summed E-state index contributed by atoms with van der Waals surface area (Å²) in [6.07, 6.45) is 2.03. The van der Waals surface area contributed by atoms with Gasteiger partial charge in [0, 0.05) is 46.0 Å². The number of benzene rings is 3. The normalized spacial score (nSPS) is 12.8. The maximum atomic E-state index is 8.67. The standard InChI is InChI=1S/C27H27N2OS.C12H10N.Ir/c1-26(2,3)15-16-12-13-28-20(14-16)17-8-7-9-18-22-21(30-23(17)18)11-10-19-24(22)31-25(29-19)27(4,5)6;1-10-7-8-12(13-9-10)11-5-3-2-4-6-11;/h7,9-14H,15H2,1-6H3;2-5,7-9H,1H3;/q2*-1;/i15D2;;. The summed E-state index contributed by atoms with van der Waals surface area (Å²) in [6, 6.07) is 29.9. The third-order valence-corrected chi connectivity index (χ3v) is 8.54. The zero-order valence-corrected chi connectivity index (χ0v) is 29.8. The summed E-state index contributed by atoms with van der Waals surface area (Å²) < 4.78 is 24.8. The summed E-state index contributed by atoms with van der Waals surface area (Å²) in [7, 11) is 0. The van der Waals surface area contributed by atoms with Crippen molar-refractivity contribution in [1.82, 2.24) is 15.0 Å². The van der Waals surface area contributed by atoms with Gasteiger partial charge >= 0.3 is 0 Å². The summed E-state index contributed by atoms with van der Waals surface area (Å²) in [5.74, 6) is 0. The molecular formula is C39H37IrN3OS-2. The quantitative estimate of drug-likeness (QED) is 0.167. The minimum Gasteiger partial charge on any atom is -0.501 e. The first kappa shape index (κ1) is 30.0. The van der Waals surface area contributed by atoms with Crippen LogP contribution in [-0.4, -0.2) is 15.0 Å². The second-order valence-corrected chi connectivity index (χ2v) is 14.1. The van der Waals surface area contributed by atoms with Crippen molar-refractivity contribution in [3.8, 4) is 22.5 Å². The molecule has 0 atom stereocenters. The van der Waals surface area contributed by atoms with Crippen molar-refractivity contribution in [2.75, 3.05) is 0 Å². The second kappa shape index (κ2) is 13.0. The fourth-order valence-corrected chi connectivity index (χ4v) is 6.15. The number of fused-ring (bicyclic) bond motifs is 5. The van der Waals surface area contributed by atoms with Crippen LogP contribution >= 0.6 is 11.3 Å². The van der Waals surface area contributed by atoms with Gasteiger partial charge in [-0.05, 0) is 53.9 Å². The first-order chi connectivity index (χ1) is 21.7. The number of hydrogen-bond donors (Lipinski definition) is 0. The Labute approximate surface area is 286 Å². The van der Waals surface area contributed by atoms with Crippen LogP contribution in [0.25, 0.3) is 54.7 Å². The molecule has 0 spiro atoms. The summed E-state index contributed by atoms with van der Waals surface area (Å²) in [5.41, 5.74) is 7.12. The van der Waals surface area contributed by atoms with Crippen LogP contribution in [-0.2, 0) is 31.9 Å². The third-order valence-electron chi connectivity index (χ3n) is 7.02. The molecule has 7 rings (SSSR count). The molecule has 0 fully saturated rings. The van der Waals surface area contributed by atoms with Crippen LogP contribution in [0.1, 0.15) is 60.4 Å². The number of hydrogen-bond acceptors (Lipinski definition) is 5. The average Bonchev–Trinajstić information content (AvgIpc) is 3.64. The Bertz CT molecular complexity index is 2160. The number of rotatable bonds is 3. The molecule has 0 bridgehead atoms. The fourth-order valence-electron chi connectivity index (χ4n) is 4.98. The Morgan fingerprint density at radius 1 is 0.889 bits per heavy atom. The van der Waals surface area contributed by atoms with E-state index in [9.17, 15) is 0 Å². The van der Waals surface area contributed by atoms with Crippen molar-refractivity contribution < 1.29 is 27.3 Å². The van der Waals surface area contributed by atoms with Crippen molar-refractivity contribution in [2.45, 2.75) is 60.3 Å². The molecule has 6 heteroatoms. The zero-order valence-electron chi connectivity index (χ0n) is 28.6. The Morgan fingerprint density at radius 2 is 1.71 bits per heavy atom. The maximum absolute atomic E-state index is 8.67. The molecule has 0 aliphatic carbocycles. The fraction of sp³-hybridized carbons (Fsp3) is 0.256. The second-order valence-electron chi connectivity index (χ2n) is 13.1. The number of furan rings is 1. The van der Waals surface area contributed by atoms with E-state index in [0.717, 1.165) is 48.4 Å². The molecule has 0 unspecified atom stereocenters. The third kappa shape index (κ3) is 7.25. The van der Waals surface area contributed by atoms with Gasteiger partial charge in [0.15, 0.2) is 0 Å². The predicted octanol–water partition coefficient (Wildman–Crippen LogP) is 10.8. The Morgan fingerprint density at radius 3 is 2.40 bits per heavy atom. The van der Waals surface area contributed by atoms with E-state index in [-0.39, 0.29) is 25.5 Å². The zero-order chi connectivity index (χ0) is 32.9. The molecule has 45 heavy (non-hydrogen) atoms. The van der Waals surface area contributed by atoms with Gasteiger partial charge in [-0.1, -0.05) is 76.3 Å². The summed E-state index contributed by atoms with van der Waals surface area (Å²) in [6.45, 7) is 14.3. The first-order valence-electron chi connectivity index (χ1n) is 15.8. The molecule has 4 heterocycles. The number of thiazole rings is 1. The minimum absolute atomic E-state index is 0. The van der Waals surface area contributed by atoms with Crippen molar-refractivity contribution in [3.63, 3.8) is 0 Å². The number of nitrogens with zero attached hydrogens (tertiary/aromatic N) is 3. The molecule has 0 saturated carbocycles. The van der Waals surface area contributed by atoms with Gasteiger partial charge in [-0.2, -0.15) is 0 Å². The molecule has 7 aromatic rings. The van der Waals surface area contributed by atoms with Gasteiger partial charge < -0.3 is 14.4 Å². The molecule has 0 saturated heterocycles. The van der Waals surface area contributed by atoms with E-state index in [0.29, 0.717) is 16.8 Å². The Kier molecular flexibility index (Phi) is 8.63. The number of pyridine rings is 2. The summed E-state index contributed by atoms with van der Waals surface area (Å²) in [4.78, 5) is 13.8. The molecule has 1 radical (unpaired) electrons. The van der Waals surface area contributed by atoms with Gasteiger partial charge in [0.25, 0.3) is 0 Å². The van der Waals surface area contributed by atoms with Crippen molar-refractivity contribution in [3.05, 3.63) is 113 Å². The van der Waals surface area contributed by atoms with Crippen molar-refractivity contribution in [1.29, 1.82) is 0 Å². The molecule has 4 aromatic heterocycles. The van der Waals surface area contributed by atoms with Crippen LogP contribution in [0.2, 0.25) is 0 Å². The van der Waals surface area contributed by atoms with Crippen LogP contribution in [0.5, 0.6) is 0 Å². The van der Waals surface area contributed by atoms with Crippen molar-refractivity contribution in [2.24, 2.45) is 5.41 Å². The van der Waals surface area contributed by atoms with E-state index in [1.807, 2.05) is 94.6 Å². The van der Waals surface area contributed by atoms with E-state index in [1.165, 1.54) is 5.56 Å². The molecule has 3 aromatic carbocycles. The molecule has 0 aliphatic rings. The van der Waals surface area contributed by atoms with E-state index in [1.54, 1.807) is 23.6 Å². The van der Waals surface area contributed by atoms with E-state index in [2.05, 4.69) is 48.9 Å². The number of aryl methyl sites for hydroxylation is 1. The van der Waals surface area contributed by atoms with E-state index >= 15 is 0 Å². The van der Waals surface area contributed by atoms with Gasteiger partial charge in [-0.25, -0.2) is 4.98 Å². The predicted molar refractivity (Wildman–Crippen MR) is 184 cm³/mol. The SMILES string of the molecule is Cc1ccc(-c2[c-]cccc2)nc1.[2H]C([2H])(c1ccnc(-c2[c-]ccc3c2oc2ccc4nc(C(C)(C)C)sc4c23)c1)C(C)(C)C.[Ir]. The van der Waals surface area contributed by atoms with E-state index < -0.39 is 11.8 Å². The van der Waals surface area contributed by atoms with Gasteiger partial charge in [-0.15, -0.1) is 65.4 Å². The average molecular weight is 790 g/mol. The van der Waals surface area contributed by atoms with Crippen LogP contribution in [0.3, 0.4) is 0 Å². The van der Waals surface area contributed by atoms with E-state index in [4.69, 9.17) is 12.1 Å². The van der Waals surface area contributed by atoms with Gasteiger partial charge in [-0.3, -0.25) is 0 Å². The molecule has 0 aliphatic heterocycles. The topological polar surface area (TPSA) is 51.8 Å². The van der Waals surface area contributed by atoms with Crippen molar-refractivity contribution >= 4 is 43.5 Å².